The van der Waals surface area contributed by atoms with Gasteiger partial charge in [0, 0.05) is 11.6 Å². The lowest BCUT2D eigenvalue weighted by Gasteiger charge is -2.14. The molecule has 26 heavy (non-hydrogen) atoms. The lowest BCUT2D eigenvalue weighted by Crippen LogP contribution is -2.18. The Hall–Kier alpha value is -3.35. The highest BCUT2D eigenvalue weighted by atomic mass is 16.5. The third kappa shape index (κ3) is 2.77. The molecule has 134 valence electrons. The van der Waals surface area contributed by atoms with E-state index in [0.29, 0.717) is 11.3 Å². The van der Waals surface area contributed by atoms with Gasteiger partial charge in [0.1, 0.15) is 5.39 Å². The van der Waals surface area contributed by atoms with E-state index in [4.69, 9.17) is 14.2 Å². The molecule has 7 nitrogen and oxygen atoms in total. The van der Waals surface area contributed by atoms with Crippen molar-refractivity contribution in [1.82, 2.24) is 9.97 Å². The molecule has 2 aromatic carbocycles. The molecule has 1 aromatic heterocycles. The van der Waals surface area contributed by atoms with E-state index in [9.17, 15) is 9.59 Å². The summed E-state index contributed by atoms with van der Waals surface area (Å²) in [5.74, 6) is 0.421. The number of rotatable bonds is 5. The van der Waals surface area contributed by atoms with E-state index in [0.717, 1.165) is 5.56 Å². The molecule has 3 aromatic rings. The summed E-state index contributed by atoms with van der Waals surface area (Å²) in [7, 11) is 4.34. The third-order valence-corrected chi connectivity index (χ3v) is 4.11. The van der Waals surface area contributed by atoms with Gasteiger partial charge in [-0.2, -0.15) is 0 Å². The van der Waals surface area contributed by atoms with Crippen molar-refractivity contribution in [3.63, 3.8) is 0 Å². The van der Waals surface area contributed by atoms with Gasteiger partial charge in [-0.05, 0) is 12.5 Å². The molecule has 0 unspecified atom stereocenters. The molecule has 0 spiro atoms. The monoisotopic (exact) mass is 354 g/mol. The number of methoxy groups -OCH3 is 3. The van der Waals surface area contributed by atoms with E-state index in [2.05, 4.69) is 9.97 Å². The first-order chi connectivity index (χ1) is 12.5. The summed E-state index contributed by atoms with van der Waals surface area (Å²) < 4.78 is 15.9. The van der Waals surface area contributed by atoms with Crippen LogP contribution in [0, 0.1) is 6.92 Å². The number of aromatic nitrogens is 2. The zero-order chi connectivity index (χ0) is 18.8. The fraction of sp³-hybridized carbons (Fsp3) is 0.211. The summed E-state index contributed by atoms with van der Waals surface area (Å²) in [6, 6.07) is 8.65. The van der Waals surface area contributed by atoms with Gasteiger partial charge in [-0.25, -0.2) is 4.98 Å². The van der Waals surface area contributed by atoms with Crippen LogP contribution < -0.4 is 19.8 Å². The van der Waals surface area contributed by atoms with Crippen molar-refractivity contribution in [1.29, 1.82) is 0 Å². The maximum atomic E-state index is 12.8. The standard InChI is InChI=1S/C19H18N2O5/c1-10-7-5-6-8-11(10)15(22)18-20-12-9-13(24-2)16(25-3)17(26-4)14(12)19(23)21-18/h5-9H,1-4H3,(H,20,21,23). The SMILES string of the molecule is COc1cc2nc(C(=O)c3ccccc3C)[nH]c(=O)c2c(OC)c1OC. The maximum Gasteiger partial charge on any atom is 0.263 e. The van der Waals surface area contributed by atoms with Crippen LogP contribution >= 0.6 is 0 Å². The number of nitrogens with zero attached hydrogens (tertiary/aromatic N) is 1. The molecule has 3 rings (SSSR count). The van der Waals surface area contributed by atoms with Crippen molar-refractivity contribution in [3.05, 3.63) is 57.6 Å². The topological polar surface area (TPSA) is 90.5 Å². The van der Waals surface area contributed by atoms with E-state index in [1.807, 2.05) is 19.1 Å². The molecular formula is C19H18N2O5. The molecule has 0 fully saturated rings. The molecular weight excluding hydrogens is 336 g/mol. The van der Waals surface area contributed by atoms with Crippen LogP contribution in [0.15, 0.2) is 35.1 Å². The highest BCUT2D eigenvalue weighted by Gasteiger charge is 2.22. The molecule has 0 bridgehead atoms. The average molecular weight is 354 g/mol. The largest absolute Gasteiger partial charge is 0.493 e. The molecule has 0 amide bonds. The fourth-order valence-electron chi connectivity index (χ4n) is 2.83. The number of carbonyl (C=O) groups excluding carboxylic acids is 1. The third-order valence-electron chi connectivity index (χ3n) is 4.11. The smallest absolute Gasteiger partial charge is 0.263 e. The van der Waals surface area contributed by atoms with Gasteiger partial charge in [0.15, 0.2) is 17.3 Å². The molecule has 0 aliphatic heterocycles. The van der Waals surface area contributed by atoms with Crippen LogP contribution in [0.1, 0.15) is 21.7 Å². The predicted molar refractivity (Wildman–Crippen MR) is 96.6 cm³/mol. The summed E-state index contributed by atoms with van der Waals surface area (Å²) >= 11 is 0. The van der Waals surface area contributed by atoms with Gasteiger partial charge >= 0.3 is 0 Å². The number of ether oxygens (including phenoxy) is 3. The number of aromatic amines is 1. The molecule has 1 heterocycles. The van der Waals surface area contributed by atoms with Crippen LogP contribution in [0.5, 0.6) is 17.2 Å². The molecule has 7 heteroatoms. The van der Waals surface area contributed by atoms with Gasteiger partial charge in [-0.1, -0.05) is 24.3 Å². The van der Waals surface area contributed by atoms with E-state index in [1.54, 1.807) is 18.2 Å². The maximum absolute atomic E-state index is 12.8. The summed E-state index contributed by atoms with van der Waals surface area (Å²) in [4.78, 5) is 32.3. The Morgan fingerprint density at radius 3 is 2.35 bits per heavy atom. The molecule has 0 radical (unpaired) electrons. The Balaban J connectivity index is 2.27. The number of carbonyl (C=O) groups is 1. The highest BCUT2D eigenvalue weighted by Crippen LogP contribution is 2.41. The quantitative estimate of drug-likeness (QED) is 0.708. The summed E-state index contributed by atoms with van der Waals surface area (Å²) in [5.41, 5.74) is 1.05. The van der Waals surface area contributed by atoms with E-state index in [-0.39, 0.29) is 34.0 Å². The van der Waals surface area contributed by atoms with Crippen molar-refractivity contribution < 1.29 is 19.0 Å². The Morgan fingerprint density at radius 2 is 1.73 bits per heavy atom. The second-order valence-electron chi connectivity index (χ2n) is 5.60. The number of nitrogens with one attached hydrogen (secondary N) is 1. The first kappa shape index (κ1) is 17.5. The molecule has 0 atom stereocenters. The minimum atomic E-state index is -0.496. The number of ketones is 1. The Bertz CT molecular complexity index is 1060. The summed E-state index contributed by atoms with van der Waals surface area (Å²) in [5, 5.41) is 0.187. The van der Waals surface area contributed by atoms with Crippen LogP contribution in [0.3, 0.4) is 0 Å². The Kier molecular flexibility index (Phi) is 4.62. The fourth-order valence-corrected chi connectivity index (χ4v) is 2.83. The van der Waals surface area contributed by atoms with E-state index in [1.165, 1.54) is 21.3 Å². The van der Waals surface area contributed by atoms with Crippen LogP contribution in [0.25, 0.3) is 10.9 Å². The first-order valence-corrected chi connectivity index (χ1v) is 7.85. The number of hydrogen-bond acceptors (Lipinski definition) is 6. The number of fused-ring (bicyclic) bond motifs is 1. The zero-order valence-corrected chi connectivity index (χ0v) is 14.9. The van der Waals surface area contributed by atoms with E-state index >= 15 is 0 Å². The zero-order valence-electron chi connectivity index (χ0n) is 14.9. The van der Waals surface area contributed by atoms with Gasteiger partial charge in [0.05, 0.1) is 26.8 Å². The van der Waals surface area contributed by atoms with Crippen molar-refractivity contribution in [2.24, 2.45) is 0 Å². The lowest BCUT2D eigenvalue weighted by atomic mass is 10.0. The van der Waals surface area contributed by atoms with Gasteiger partial charge in [-0.15, -0.1) is 0 Å². The van der Waals surface area contributed by atoms with Crippen molar-refractivity contribution in [2.75, 3.05) is 21.3 Å². The van der Waals surface area contributed by atoms with Gasteiger partial charge in [-0.3, -0.25) is 9.59 Å². The van der Waals surface area contributed by atoms with E-state index < -0.39 is 5.56 Å². The van der Waals surface area contributed by atoms with Crippen LogP contribution in [-0.4, -0.2) is 37.1 Å². The van der Waals surface area contributed by atoms with Gasteiger partial charge in [0.2, 0.25) is 11.5 Å². The van der Waals surface area contributed by atoms with Crippen LogP contribution in [0.4, 0.5) is 0 Å². The number of benzene rings is 2. The average Bonchev–Trinajstić information content (AvgIpc) is 2.65. The molecule has 0 aliphatic rings. The highest BCUT2D eigenvalue weighted by molar-refractivity contribution is 6.08. The van der Waals surface area contributed by atoms with Crippen molar-refractivity contribution >= 4 is 16.7 Å². The number of H-pyrrole nitrogens is 1. The van der Waals surface area contributed by atoms with Crippen molar-refractivity contribution in [2.45, 2.75) is 6.92 Å². The van der Waals surface area contributed by atoms with Gasteiger partial charge < -0.3 is 19.2 Å². The number of hydrogen-bond donors (Lipinski definition) is 1. The minimum Gasteiger partial charge on any atom is -0.493 e. The Labute approximate surface area is 149 Å². The lowest BCUT2D eigenvalue weighted by molar-refractivity contribution is 0.102. The van der Waals surface area contributed by atoms with Crippen LogP contribution in [0.2, 0.25) is 0 Å². The normalized spacial score (nSPS) is 10.6. The minimum absolute atomic E-state index is 0.0499. The number of aryl methyl sites for hydroxylation is 1. The summed E-state index contributed by atoms with van der Waals surface area (Å²) in [6.45, 7) is 1.82. The molecule has 0 saturated heterocycles. The van der Waals surface area contributed by atoms with Crippen LogP contribution in [-0.2, 0) is 0 Å². The van der Waals surface area contributed by atoms with Gasteiger partial charge in [0.25, 0.3) is 5.56 Å². The van der Waals surface area contributed by atoms with Crippen molar-refractivity contribution in [3.8, 4) is 17.2 Å². The molecule has 1 N–H and O–H groups in total. The molecule has 0 aliphatic carbocycles. The molecule has 0 saturated carbocycles. The summed E-state index contributed by atoms with van der Waals surface area (Å²) in [6.07, 6.45) is 0. The second-order valence-corrected chi connectivity index (χ2v) is 5.60. The second kappa shape index (κ2) is 6.87. The predicted octanol–water partition coefficient (Wildman–Crippen LogP) is 2.49. The Morgan fingerprint density at radius 1 is 1.04 bits per heavy atom. The first-order valence-electron chi connectivity index (χ1n) is 7.85.